The van der Waals surface area contributed by atoms with Crippen LogP contribution in [0.25, 0.3) is 0 Å². The van der Waals surface area contributed by atoms with Gasteiger partial charge in [0.15, 0.2) is 0 Å². The van der Waals surface area contributed by atoms with E-state index in [4.69, 9.17) is 9.15 Å². The molecule has 1 aliphatic heterocycles. The van der Waals surface area contributed by atoms with E-state index in [-0.39, 0.29) is 12.6 Å². The zero-order valence-corrected chi connectivity index (χ0v) is 16.3. The largest absolute Gasteiger partial charge is 0.468 e. The van der Waals surface area contributed by atoms with Gasteiger partial charge >= 0.3 is 0 Å². The number of rotatable bonds is 6. The van der Waals surface area contributed by atoms with Crippen molar-refractivity contribution in [2.45, 2.75) is 31.7 Å². The molecule has 142 valence electrons. The van der Waals surface area contributed by atoms with Crippen LogP contribution in [0.5, 0.6) is 0 Å². The maximum atomic E-state index is 12.9. The molecule has 2 aromatic rings. The van der Waals surface area contributed by atoms with E-state index in [1.807, 2.05) is 39.0 Å². The number of morpholine rings is 1. The van der Waals surface area contributed by atoms with Crippen molar-refractivity contribution in [3.05, 3.63) is 53.0 Å². The summed E-state index contributed by atoms with van der Waals surface area (Å²) in [5.74, 6) is 0.756. The molecule has 2 heterocycles. The molecule has 7 heteroatoms. The smallest absolute Gasteiger partial charge is 0.240 e. The van der Waals surface area contributed by atoms with Crippen molar-refractivity contribution in [3.8, 4) is 0 Å². The van der Waals surface area contributed by atoms with E-state index in [0.717, 1.165) is 35.5 Å². The van der Waals surface area contributed by atoms with Gasteiger partial charge in [0.1, 0.15) is 5.76 Å². The van der Waals surface area contributed by atoms with Crippen LogP contribution in [0.15, 0.2) is 39.8 Å². The number of ether oxygens (including phenoxy) is 1. The first kappa shape index (κ1) is 19.1. The molecule has 0 aliphatic carbocycles. The van der Waals surface area contributed by atoms with Crippen molar-refractivity contribution in [2.75, 3.05) is 32.8 Å². The van der Waals surface area contributed by atoms with Crippen LogP contribution < -0.4 is 4.72 Å². The highest BCUT2D eigenvalue weighted by atomic mass is 32.2. The third kappa shape index (κ3) is 4.17. The predicted octanol–water partition coefficient (Wildman–Crippen LogP) is 2.56. The molecule has 1 aliphatic rings. The Hall–Kier alpha value is -1.67. The predicted molar refractivity (Wildman–Crippen MR) is 99.7 cm³/mol. The number of benzene rings is 1. The lowest BCUT2D eigenvalue weighted by atomic mass is 10.1. The van der Waals surface area contributed by atoms with E-state index in [9.17, 15) is 8.42 Å². The van der Waals surface area contributed by atoms with Crippen molar-refractivity contribution in [3.63, 3.8) is 0 Å². The molecule has 1 aromatic carbocycles. The minimum absolute atomic E-state index is 0.157. The lowest BCUT2D eigenvalue weighted by Crippen LogP contribution is -2.43. The summed E-state index contributed by atoms with van der Waals surface area (Å²) in [6, 6.07) is 7.20. The summed E-state index contributed by atoms with van der Waals surface area (Å²) in [5.41, 5.74) is 2.80. The van der Waals surface area contributed by atoms with Gasteiger partial charge < -0.3 is 9.15 Å². The molecule has 1 N–H and O–H groups in total. The highest BCUT2D eigenvalue weighted by Crippen LogP contribution is 2.24. The molecule has 1 atom stereocenters. The molecule has 26 heavy (non-hydrogen) atoms. The molecule has 0 spiro atoms. The number of sulfonamides is 1. The lowest BCUT2D eigenvalue weighted by Gasteiger charge is -2.33. The summed E-state index contributed by atoms with van der Waals surface area (Å²) < 4.78 is 39.5. The van der Waals surface area contributed by atoms with E-state index >= 15 is 0 Å². The maximum Gasteiger partial charge on any atom is 0.240 e. The maximum absolute atomic E-state index is 12.9. The van der Waals surface area contributed by atoms with Crippen molar-refractivity contribution in [1.29, 1.82) is 0 Å². The Balaban J connectivity index is 1.81. The average Bonchev–Trinajstić information content (AvgIpc) is 3.13. The van der Waals surface area contributed by atoms with Gasteiger partial charge in [-0.05, 0) is 55.7 Å². The van der Waals surface area contributed by atoms with Gasteiger partial charge in [0.05, 0.1) is 30.4 Å². The third-order valence-corrected chi connectivity index (χ3v) is 6.47. The summed E-state index contributed by atoms with van der Waals surface area (Å²) in [6.45, 7) is 8.76. The number of nitrogens with one attached hydrogen (secondary N) is 1. The Morgan fingerprint density at radius 1 is 1.12 bits per heavy atom. The first-order chi connectivity index (χ1) is 12.4. The van der Waals surface area contributed by atoms with Crippen LogP contribution in [0.1, 0.15) is 28.5 Å². The highest BCUT2D eigenvalue weighted by Gasteiger charge is 2.27. The molecule has 1 unspecified atom stereocenters. The van der Waals surface area contributed by atoms with Gasteiger partial charge in [-0.1, -0.05) is 6.07 Å². The first-order valence-corrected chi connectivity index (χ1v) is 10.3. The van der Waals surface area contributed by atoms with Crippen LogP contribution in [0.2, 0.25) is 0 Å². The summed E-state index contributed by atoms with van der Waals surface area (Å²) in [4.78, 5) is 2.53. The van der Waals surface area contributed by atoms with Crippen LogP contribution in [0.3, 0.4) is 0 Å². The van der Waals surface area contributed by atoms with Crippen molar-refractivity contribution >= 4 is 10.0 Å². The van der Waals surface area contributed by atoms with Gasteiger partial charge in [-0.3, -0.25) is 4.90 Å². The number of nitrogens with zero attached hydrogens (tertiary/aromatic N) is 1. The number of aryl methyl sites for hydroxylation is 3. The lowest BCUT2D eigenvalue weighted by molar-refractivity contribution is 0.0128. The Labute approximate surface area is 155 Å². The van der Waals surface area contributed by atoms with E-state index in [2.05, 4.69) is 9.62 Å². The molecule has 1 aromatic heterocycles. The van der Waals surface area contributed by atoms with Crippen LogP contribution in [0, 0.1) is 20.8 Å². The zero-order valence-electron chi connectivity index (χ0n) is 15.5. The minimum Gasteiger partial charge on any atom is -0.468 e. The van der Waals surface area contributed by atoms with Gasteiger partial charge in [0.25, 0.3) is 0 Å². The topological polar surface area (TPSA) is 71.8 Å². The second-order valence-electron chi connectivity index (χ2n) is 6.73. The highest BCUT2D eigenvalue weighted by molar-refractivity contribution is 7.89. The number of furan rings is 1. The molecule has 1 fully saturated rings. The quantitative estimate of drug-likeness (QED) is 0.836. The summed E-state index contributed by atoms with van der Waals surface area (Å²) >= 11 is 0. The fourth-order valence-corrected chi connectivity index (χ4v) is 4.62. The third-order valence-electron chi connectivity index (χ3n) is 4.91. The van der Waals surface area contributed by atoms with E-state index in [0.29, 0.717) is 18.1 Å². The summed E-state index contributed by atoms with van der Waals surface area (Å²) in [6.07, 6.45) is 1.62. The van der Waals surface area contributed by atoms with Gasteiger partial charge in [-0.25, -0.2) is 13.1 Å². The van der Waals surface area contributed by atoms with Gasteiger partial charge in [0, 0.05) is 19.6 Å². The first-order valence-electron chi connectivity index (χ1n) is 8.81. The van der Waals surface area contributed by atoms with Gasteiger partial charge in [-0.2, -0.15) is 0 Å². The van der Waals surface area contributed by atoms with Crippen LogP contribution in [0.4, 0.5) is 0 Å². The van der Waals surface area contributed by atoms with E-state index in [1.165, 1.54) is 0 Å². The van der Waals surface area contributed by atoms with Crippen LogP contribution in [-0.2, 0) is 14.8 Å². The molecule has 0 radical (unpaired) electrons. The average molecular weight is 378 g/mol. The minimum atomic E-state index is -3.60. The molecular formula is C19H26N2O4S. The molecule has 6 nitrogen and oxygen atoms in total. The van der Waals surface area contributed by atoms with E-state index in [1.54, 1.807) is 12.3 Å². The normalized spacial score (nSPS) is 17.3. The molecular weight excluding hydrogens is 352 g/mol. The second-order valence-corrected chi connectivity index (χ2v) is 8.47. The monoisotopic (exact) mass is 378 g/mol. The van der Waals surface area contributed by atoms with Gasteiger partial charge in [-0.15, -0.1) is 0 Å². The fourth-order valence-electron chi connectivity index (χ4n) is 3.27. The van der Waals surface area contributed by atoms with E-state index < -0.39 is 10.0 Å². The van der Waals surface area contributed by atoms with Crippen LogP contribution >= 0.6 is 0 Å². The molecule has 0 bridgehead atoms. The molecule has 3 rings (SSSR count). The zero-order chi connectivity index (χ0) is 18.7. The fraction of sp³-hybridized carbons (Fsp3) is 0.474. The summed E-state index contributed by atoms with van der Waals surface area (Å²) in [5, 5.41) is 0. The second kappa shape index (κ2) is 7.92. The molecule has 0 amide bonds. The number of hydrogen-bond acceptors (Lipinski definition) is 5. The standard InChI is InChI=1S/C19H26N2O4S/c1-14-11-16(3)19(12-15(14)2)26(22,23)20-13-17(18-5-4-8-25-18)21-6-9-24-10-7-21/h4-5,8,11-12,17,20H,6-7,9-10,13H2,1-3H3. The Morgan fingerprint density at radius 3 is 2.46 bits per heavy atom. The van der Waals surface area contributed by atoms with Crippen molar-refractivity contribution < 1.29 is 17.6 Å². The van der Waals surface area contributed by atoms with Crippen LogP contribution in [-0.4, -0.2) is 46.2 Å². The Morgan fingerprint density at radius 2 is 1.81 bits per heavy atom. The van der Waals surface area contributed by atoms with Crippen molar-refractivity contribution in [1.82, 2.24) is 9.62 Å². The Kier molecular flexibility index (Phi) is 5.82. The molecule has 0 saturated carbocycles. The SMILES string of the molecule is Cc1cc(C)c(S(=O)(=O)NCC(c2ccco2)N2CCOCC2)cc1C. The summed E-state index contributed by atoms with van der Waals surface area (Å²) in [7, 11) is -3.60. The van der Waals surface area contributed by atoms with Gasteiger partial charge in [0.2, 0.25) is 10.0 Å². The number of hydrogen-bond donors (Lipinski definition) is 1. The molecule has 1 saturated heterocycles. The Bertz CT molecular complexity index is 841. The van der Waals surface area contributed by atoms with Crippen molar-refractivity contribution in [2.24, 2.45) is 0 Å².